The average Bonchev–Trinajstić information content (AvgIpc) is 2.68. The van der Waals surface area contributed by atoms with Crippen LogP contribution in [0, 0.1) is 0 Å². The zero-order valence-electron chi connectivity index (χ0n) is 16.2. The summed E-state index contributed by atoms with van der Waals surface area (Å²) in [5.74, 6) is -1.14. The van der Waals surface area contributed by atoms with Crippen LogP contribution in [0.15, 0.2) is 53.4 Å². The Hall–Kier alpha value is -2.13. The molecule has 7 nitrogen and oxygen atoms in total. The Morgan fingerprint density at radius 3 is 2.27 bits per heavy atom. The summed E-state index contributed by atoms with van der Waals surface area (Å²) in [5, 5.41) is 2.64. The molecule has 162 valence electrons. The van der Waals surface area contributed by atoms with Crippen molar-refractivity contribution in [3.63, 3.8) is 0 Å². The van der Waals surface area contributed by atoms with E-state index in [1.165, 1.54) is 25.1 Å². The van der Waals surface area contributed by atoms with Gasteiger partial charge >= 0.3 is 5.97 Å². The third kappa shape index (κ3) is 7.28. The third-order valence-corrected chi connectivity index (χ3v) is 6.46. The Kier molecular flexibility index (Phi) is 9.10. The monoisotopic (exact) mass is 472 g/mol. The van der Waals surface area contributed by atoms with Crippen molar-refractivity contribution >= 4 is 45.1 Å². The van der Waals surface area contributed by atoms with Gasteiger partial charge < -0.3 is 10.1 Å². The van der Waals surface area contributed by atoms with E-state index in [0.717, 1.165) is 5.56 Å². The molecule has 2 aromatic rings. The van der Waals surface area contributed by atoms with Crippen LogP contribution < -0.4 is 10.0 Å². The average molecular weight is 473 g/mol. The van der Waals surface area contributed by atoms with Crippen LogP contribution in [0.3, 0.4) is 0 Å². The number of ether oxygens (including phenoxy) is 1. The van der Waals surface area contributed by atoms with Crippen LogP contribution in [0.4, 0.5) is 0 Å². The normalized spacial score (nSPS) is 12.2. The zero-order chi connectivity index (χ0) is 22.1. The third-order valence-electron chi connectivity index (χ3n) is 4.04. The van der Waals surface area contributed by atoms with E-state index in [-0.39, 0.29) is 27.9 Å². The molecule has 0 spiro atoms. The molecule has 0 heterocycles. The maximum atomic E-state index is 12.3. The van der Waals surface area contributed by atoms with Gasteiger partial charge in [0.15, 0.2) is 6.10 Å². The van der Waals surface area contributed by atoms with Gasteiger partial charge in [-0.1, -0.05) is 59.6 Å². The summed E-state index contributed by atoms with van der Waals surface area (Å²) >= 11 is 11.8. The SMILES string of the molecule is CC(OC(=O)CCNS(=O)(=O)c1c(Cl)cccc1Cl)C(=O)NCCc1ccccc1. The second kappa shape index (κ2) is 11.3. The highest BCUT2D eigenvalue weighted by molar-refractivity contribution is 7.89. The van der Waals surface area contributed by atoms with Gasteiger partial charge in [-0.15, -0.1) is 0 Å². The summed E-state index contributed by atoms with van der Waals surface area (Å²) in [6.45, 7) is 1.62. The van der Waals surface area contributed by atoms with E-state index in [0.29, 0.717) is 13.0 Å². The highest BCUT2D eigenvalue weighted by Crippen LogP contribution is 2.28. The van der Waals surface area contributed by atoms with Crippen molar-refractivity contribution in [1.82, 2.24) is 10.0 Å². The second-order valence-corrected chi connectivity index (χ2v) is 8.88. The van der Waals surface area contributed by atoms with Crippen LogP contribution in [0.2, 0.25) is 10.0 Å². The van der Waals surface area contributed by atoms with Gasteiger partial charge in [0.05, 0.1) is 16.5 Å². The topological polar surface area (TPSA) is 102 Å². The second-order valence-electron chi connectivity index (χ2n) is 6.36. The molecule has 0 aliphatic heterocycles. The number of rotatable bonds is 10. The molecule has 0 aromatic heterocycles. The highest BCUT2D eigenvalue weighted by Gasteiger charge is 2.22. The minimum absolute atomic E-state index is 0.0293. The Morgan fingerprint density at radius 2 is 1.63 bits per heavy atom. The fraction of sp³-hybridized carbons (Fsp3) is 0.300. The molecule has 1 unspecified atom stereocenters. The molecule has 0 fully saturated rings. The molecule has 1 atom stereocenters. The number of amides is 1. The van der Waals surface area contributed by atoms with Crippen molar-refractivity contribution in [3.8, 4) is 0 Å². The molecule has 10 heteroatoms. The Morgan fingerprint density at radius 1 is 1.00 bits per heavy atom. The van der Waals surface area contributed by atoms with Crippen LogP contribution >= 0.6 is 23.2 Å². The van der Waals surface area contributed by atoms with E-state index < -0.39 is 28.0 Å². The number of sulfonamides is 1. The van der Waals surface area contributed by atoms with Crippen molar-refractivity contribution in [2.24, 2.45) is 0 Å². The van der Waals surface area contributed by atoms with Crippen LogP contribution in [0.25, 0.3) is 0 Å². The first kappa shape index (κ1) is 24.1. The summed E-state index contributed by atoms with van der Waals surface area (Å²) in [7, 11) is -4.00. The van der Waals surface area contributed by atoms with Gasteiger partial charge in [0.1, 0.15) is 4.90 Å². The molecule has 0 saturated carbocycles. The molecule has 2 rings (SSSR count). The summed E-state index contributed by atoms with van der Waals surface area (Å²) in [6, 6.07) is 14.0. The molecule has 2 aromatic carbocycles. The number of benzene rings is 2. The Bertz CT molecular complexity index is 964. The number of carbonyl (C=O) groups excluding carboxylic acids is 2. The van der Waals surface area contributed by atoms with E-state index in [9.17, 15) is 18.0 Å². The first-order valence-electron chi connectivity index (χ1n) is 9.15. The van der Waals surface area contributed by atoms with Crippen molar-refractivity contribution in [2.75, 3.05) is 13.1 Å². The molecule has 0 aliphatic carbocycles. The number of esters is 1. The Balaban J connectivity index is 1.75. The lowest BCUT2D eigenvalue weighted by Gasteiger charge is -2.14. The largest absolute Gasteiger partial charge is 0.453 e. The van der Waals surface area contributed by atoms with E-state index in [4.69, 9.17) is 27.9 Å². The fourth-order valence-corrected chi connectivity index (χ4v) is 4.70. The minimum atomic E-state index is -4.00. The molecule has 0 bridgehead atoms. The maximum Gasteiger partial charge on any atom is 0.307 e. The summed E-state index contributed by atoms with van der Waals surface area (Å²) < 4.78 is 31.9. The van der Waals surface area contributed by atoms with E-state index >= 15 is 0 Å². The first-order valence-corrected chi connectivity index (χ1v) is 11.4. The van der Waals surface area contributed by atoms with Gasteiger partial charge in [-0.25, -0.2) is 13.1 Å². The van der Waals surface area contributed by atoms with Crippen molar-refractivity contribution in [3.05, 3.63) is 64.1 Å². The van der Waals surface area contributed by atoms with Gasteiger partial charge in [-0.05, 0) is 31.0 Å². The van der Waals surface area contributed by atoms with Gasteiger partial charge in [-0.2, -0.15) is 0 Å². The quantitative estimate of drug-likeness (QED) is 0.517. The maximum absolute atomic E-state index is 12.3. The number of hydrogen-bond acceptors (Lipinski definition) is 5. The summed E-state index contributed by atoms with van der Waals surface area (Å²) in [6.07, 6.45) is -0.606. The molecule has 2 N–H and O–H groups in total. The van der Waals surface area contributed by atoms with Crippen molar-refractivity contribution < 1.29 is 22.7 Å². The standard InChI is InChI=1S/C20H22Cl2N2O5S/c1-14(20(26)23-12-10-15-6-3-2-4-7-15)29-18(25)11-13-24-30(27,28)19-16(21)8-5-9-17(19)22/h2-9,14,24H,10-13H2,1H3,(H,23,26). The van der Waals surface area contributed by atoms with Crippen LogP contribution in [0.5, 0.6) is 0 Å². The number of hydrogen-bond donors (Lipinski definition) is 2. The lowest BCUT2D eigenvalue weighted by Crippen LogP contribution is -2.37. The van der Waals surface area contributed by atoms with E-state index in [1.807, 2.05) is 30.3 Å². The summed E-state index contributed by atoms with van der Waals surface area (Å²) in [5.41, 5.74) is 1.08. The smallest absolute Gasteiger partial charge is 0.307 e. The molecule has 30 heavy (non-hydrogen) atoms. The van der Waals surface area contributed by atoms with Crippen molar-refractivity contribution in [2.45, 2.75) is 30.8 Å². The first-order chi connectivity index (χ1) is 14.2. The van der Waals surface area contributed by atoms with Gasteiger partial charge in [0.25, 0.3) is 5.91 Å². The van der Waals surface area contributed by atoms with Crippen LogP contribution in [-0.2, 0) is 30.8 Å². The lowest BCUT2D eigenvalue weighted by molar-refractivity contribution is -0.154. The molecule has 0 saturated heterocycles. The number of carbonyl (C=O) groups is 2. The molecular formula is C20H22Cl2N2O5S. The lowest BCUT2D eigenvalue weighted by atomic mass is 10.1. The fourth-order valence-electron chi connectivity index (χ4n) is 2.53. The predicted molar refractivity (Wildman–Crippen MR) is 115 cm³/mol. The highest BCUT2D eigenvalue weighted by atomic mass is 35.5. The predicted octanol–water partition coefficient (Wildman–Crippen LogP) is 2.95. The van der Waals surface area contributed by atoms with Crippen LogP contribution in [-0.4, -0.2) is 39.5 Å². The molecular weight excluding hydrogens is 451 g/mol. The van der Waals surface area contributed by atoms with E-state index in [2.05, 4.69) is 10.0 Å². The van der Waals surface area contributed by atoms with Crippen molar-refractivity contribution in [1.29, 1.82) is 0 Å². The summed E-state index contributed by atoms with van der Waals surface area (Å²) in [4.78, 5) is 23.7. The van der Waals surface area contributed by atoms with Gasteiger partial charge in [0, 0.05) is 13.1 Å². The van der Waals surface area contributed by atoms with Crippen LogP contribution in [0.1, 0.15) is 18.9 Å². The number of halogens is 2. The number of nitrogens with one attached hydrogen (secondary N) is 2. The van der Waals surface area contributed by atoms with Gasteiger partial charge in [0.2, 0.25) is 10.0 Å². The molecule has 0 aliphatic rings. The zero-order valence-corrected chi connectivity index (χ0v) is 18.6. The molecule has 0 radical (unpaired) electrons. The minimum Gasteiger partial charge on any atom is -0.453 e. The Labute approximate surface area is 185 Å². The molecule has 1 amide bonds. The van der Waals surface area contributed by atoms with Gasteiger partial charge in [-0.3, -0.25) is 9.59 Å². The van der Waals surface area contributed by atoms with E-state index in [1.54, 1.807) is 0 Å².